The molecule has 1 aliphatic carbocycles. The molecule has 3 N–H and O–H groups in total. The molecule has 0 amide bonds. The fraction of sp³-hybridized carbons (Fsp3) is 0.526. The van der Waals surface area contributed by atoms with E-state index in [9.17, 15) is 10.2 Å². The largest absolute Gasteiger partial charge is 0.390 e. The normalized spacial score (nSPS) is 23.7. The molecular weight excluding hydrogens is 352 g/mol. The first kappa shape index (κ1) is 19.0. The van der Waals surface area contributed by atoms with Crippen LogP contribution in [0.15, 0.2) is 24.7 Å². The van der Waals surface area contributed by atoms with E-state index in [0.29, 0.717) is 16.5 Å². The molecule has 1 fully saturated rings. The molecule has 140 valence electrons. The summed E-state index contributed by atoms with van der Waals surface area (Å²) in [6, 6.07) is 2.05. The third kappa shape index (κ3) is 4.50. The van der Waals surface area contributed by atoms with E-state index in [2.05, 4.69) is 20.3 Å². The van der Waals surface area contributed by atoms with Crippen molar-refractivity contribution in [1.82, 2.24) is 15.0 Å². The van der Waals surface area contributed by atoms with Gasteiger partial charge in [-0.3, -0.25) is 9.97 Å². The second-order valence-electron chi connectivity index (χ2n) is 7.81. The molecule has 0 saturated heterocycles. The van der Waals surface area contributed by atoms with Gasteiger partial charge in [-0.05, 0) is 52.5 Å². The van der Waals surface area contributed by atoms with Gasteiger partial charge in [0, 0.05) is 23.5 Å². The Morgan fingerprint density at radius 1 is 1.15 bits per heavy atom. The van der Waals surface area contributed by atoms with Crippen LogP contribution in [-0.4, -0.2) is 36.8 Å². The van der Waals surface area contributed by atoms with Crippen molar-refractivity contribution in [3.8, 4) is 11.3 Å². The molecule has 0 atom stereocenters. The quantitative estimate of drug-likeness (QED) is 0.707. The van der Waals surface area contributed by atoms with Gasteiger partial charge in [0.05, 0.1) is 29.4 Å². The lowest BCUT2D eigenvalue weighted by Crippen LogP contribution is -2.35. The standard InChI is InChI=1S/C19H25ClN4O2/c1-18(2,25)16-11-21-15(10-22-16)13-9-23-17(20)8-14(13)24-12-4-6-19(3,26)7-5-12/h8-12,25-26H,4-7H2,1-3H3,(H,23,24). The average Bonchev–Trinajstić information content (AvgIpc) is 2.56. The Bertz CT molecular complexity index is 762. The molecular formula is C19H25ClN4O2. The van der Waals surface area contributed by atoms with Crippen molar-refractivity contribution in [1.29, 1.82) is 0 Å². The predicted molar refractivity (Wildman–Crippen MR) is 102 cm³/mol. The Labute approximate surface area is 158 Å². The van der Waals surface area contributed by atoms with Crippen molar-refractivity contribution in [3.63, 3.8) is 0 Å². The van der Waals surface area contributed by atoms with E-state index in [4.69, 9.17) is 11.6 Å². The molecule has 2 heterocycles. The van der Waals surface area contributed by atoms with E-state index >= 15 is 0 Å². The van der Waals surface area contributed by atoms with Crippen LogP contribution in [0, 0.1) is 0 Å². The van der Waals surface area contributed by atoms with Gasteiger partial charge in [0.25, 0.3) is 0 Å². The Morgan fingerprint density at radius 3 is 2.42 bits per heavy atom. The summed E-state index contributed by atoms with van der Waals surface area (Å²) in [5, 5.41) is 24.1. The fourth-order valence-corrected chi connectivity index (χ4v) is 3.30. The van der Waals surface area contributed by atoms with E-state index in [1.807, 2.05) is 6.92 Å². The molecule has 2 aromatic heterocycles. The lowest BCUT2D eigenvalue weighted by Gasteiger charge is -2.34. The van der Waals surface area contributed by atoms with Crippen molar-refractivity contribution in [2.45, 2.75) is 63.7 Å². The van der Waals surface area contributed by atoms with E-state index in [0.717, 1.165) is 36.9 Å². The van der Waals surface area contributed by atoms with Crippen LogP contribution in [0.25, 0.3) is 11.3 Å². The molecule has 2 aromatic rings. The number of anilines is 1. The Kier molecular flexibility index (Phi) is 5.19. The zero-order chi connectivity index (χ0) is 18.9. The molecule has 0 bridgehead atoms. The highest BCUT2D eigenvalue weighted by molar-refractivity contribution is 6.29. The zero-order valence-electron chi connectivity index (χ0n) is 15.3. The van der Waals surface area contributed by atoms with Gasteiger partial charge in [0.15, 0.2) is 0 Å². The predicted octanol–water partition coefficient (Wildman–Crippen LogP) is 3.52. The molecule has 0 aliphatic heterocycles. The van der Waals surface area contributed by atoms with E-state index in [-0.39, 0.29) is 6.04 Å². The lowest BCUT2D eigenvalue weighted by molar-refractivity contribution is 0.0196. The number of aromatic nitrogens is 3. The fourth-order valence-electron chi connectivity index (χ4n) is 3.14. The number of nitrogens with one attached hydrogen (secondary N) is 1. The van der Waals surface area contributed by atoms with Crippen LogP contribution in [0.2, 0.25) is 5.15 Å². The number of hydrogen-bond acceptors (Lipinski definition) is 6. The first-order chi connectivity index (χ1) is 12.1. The highest BCUT2D eigenvalue weighted by Gasteiger charge is 2.29. The first-order valence-electron chi connectivity index (χ1n) is 8.84. The third-order valence-electron chi connectivity index (χ3n) is 4.85. The van der Waals surface area contributed by atoms with Gasteiger partial charge in [0.1, 0.15) is 10.8 Å². The minimum absolute atomic E-state index is 0.260. The Balaban J connectivity index is 1.84. The summed E-state index contributed by atoms with van der Waals surface area (Å²) in [5.41, 5.74) is 1.21. The van der Waals surface area contributed by atoms with E-state index in [1.54, 1.807) is 38.5 Å². The van der Waals surface area contributed by atoms with Crippen LogP contribution in [-0.2, 0) is 5.60 Å². The smallest absolute Gasteiger partial charge is 0.131 e. The molecule has 0 radical (unpaired) electrons. The van der Waals surface area contributed by atoms with Crippen molar-refractivity contribution in [2.24, 2.45) is 0 Å². The van der Waals surface area contributed by atoms with Gasteiger partial charge in [-0.25, -0.2) is 4.98 Å². The van der Waals surface area contributed by atoms with Crippen LogP contribution in [0.5, 0.6) is 0 Å². The minimum Gasteiger partial charge on any atom is -0.390 e. The van der Waals surface area contributed by atoms with Gasteiger partial charge < -0.3 is 15.5 Å². The lowest BCUT2D eigenvalue weighted by atomic mass is 9.83. The van der Waals surface area contributed by atoms with Crippen molar-refractivity contribution in [3.05, 3.63) is 35.5 Å². The molecule has 3 rings (SSSR count). The summed E-state index contributed by atoms with van der Waals surface area (Å²) in [6.45, 7) is 5.23. The SMILES string of the molecule is CC1(O)CCC(Nc2cc(Cl)ncc2-c2cnc(C(C)(C)O)cn2)CC1. The average molecular weight is 377 g/mol. The van der Waals surface area contributed by atoms with Gasteiger partial charge in [-0.2, -0.15) is 0 Å². The van der Waals surface area contributed by atoms with Crippen LogP contribution in [0.3, 0.4) is 0 Å². The van der Waals surface area contributed by atoms with Gasteiger partial charge in [-0.15, -0.1) is 0 Å². The Morgan fingerprint density at radius 2 is 1.85 bits per heavy atom. The molecule has 6 nitrogen and oxygen atoms in total. The highest BCUT2D eigenvalue weighted by Crippen LogP contribution is 2.33. The molecule has 0 unspecified atom stereocenters. The summed E-state index contributed by atoms with van der Waals surface area (Å²) in [5.74, 6) is 0. The van der Waals surface area contributed by atoms with Crippen molar-refractivity contribution in [2.75, 3.05) is 5.32 Å². The van der Waals surface area contributed by atoms with Gasteiger partial charge >= 0.3 is 0 Å². The highest BCUT2D eigenvalue weighted by atomic mass is 35.5. The summed E-state index contributed by atoms with van der Waals surface area (Å²) in [7, 11) is 0. The summed E-state index contributed by atoms with van der Waals surface area (Å²) >= 11 is 6.09. The molecule has 1 saturated carbocycles. The third-order valence-corrected chi connectivity index (χ3v) is 5.05. The number of aliphatic hydroxyl groups is 2. The maximum Gasteiger partial charge on any atom is 0.131 e. The maximum absolute atomic E-state index is 10.1. The molecule has 7 heteroatoms. The maximum atomic E-state index is 10.1. The van der Waals surface area contributed by atoms with Crippen molar-refractivity contribution >= 4 is 17.3 Å². The van der Waals surface area contributed by atoms with Crippen LogP contribution < -0.4 is 5.32 Å². The topological polar surface area (TPSA) is 91.2 Å². The number of halogens is 1. The number of nitrogens with zero attached hydrogens (tertiary/aromatic N) is 3. The number of pyridine rings is 1. The van der Waals surface area contributed by atoms with Crippen LogP contribution in [0.4, 0.5) is 5.69 Å². The summed E-state index contributed by atoms with van der Waals surface area (Å²) in [4.78, 5) is 12.9. The van der Waals surface area contributed by atoms with Crippen molar-refractivity contribution < 1.29 is 10.2 Å². The minimum atomic E-state index is -1.04. The van der Waals surface area contributed by atoms with E-state index in [1.165, 1.54) is 0 Å². The zero-order valence-corrected chi connectivity index (χ0v) is 16.1. The van der Waals surface area contributed by atoms with Crippen LogP contribution >= 0.6 is 11.6 Å². The first-order valence-corrected chi connectivity index (χ1v) is 9.22. The Hall–Kier alpha value is -1.76. The number of hydrogen-bond donors (Lipinski definition) is 3. The second-order valence-corrected chi connectivity index (χ2v) is 8.20. The summed E-state index contributed by atoms with van der Waals surface area (Å²) < 4.78 is 0. The molecule has 0 spiro atoms. The van der Waals surface area contributed by atoms with Gasteiger partial charge in [-0.1, -0.05) is 11.6 Å². The van der Waals surface area contributed by atoms with Crippen LogP contribution in [0.1, 0.15) is 52.1 Å². The second kappa shape index (κ2) is 7.10. The molecule has 26 heavy (non-hydrogen) atoms. The summed E-state index contributed by atoms with van der Waals surface area (Å²) in [6.07, 6.45) is 8.18. The van der Waals surface area contributed by atoms with E-state index < -0.39 is 11.2 Å². The van der Waals surface area contributed by atoms with Gasteiger partial charge in [0.2, 0.25) is 0 Å². The number of rotatable bonds is 4. The molecule has 0 aromatic carbocycles. The monoisotopic (exact) mass is 376 g/mol. The molecule has 1 aliphatic rings.